The number of carbonyl (C=O) groups is 2. The minimum atomic E-state index is -0.707. The molecule has 1 aliphatic heterocycles. The molecule has 0 saturated heterocycles. The SMILES string of the molecule is CCC(C)C1C(=O)Oc2ccc(C)nc2C1=O. The zero-order valence-corrected chi connectivity index (χ0v) is 10.2. The van der Waals surface area contributed by atoms with Crippen LogP contribution in [-0.2, 0) is 4.79 Å². The van der Waals surface area contributed by atoms with Gasteiger partial charge in [-0.1, -0.05) is 20.3 Å². The van der Waals surface area contributed by atoms with Crippen LogP contribution in [0.5, 0.6) is 5.75 Å². The molecule has 2 heterocycles. The van der Waals surface area contributed by atoms with Gasteiger partial charge in [-0.25, -0.2) is 4.98 Å². The molecule has 0 aromatic carbocycles. The van der Waals surface area contributed by atoms with Crippen molar-refractivity contribution < 1.29 is 14.3 Å². The summed E-state index contributed by atoms with van der Waals surface area (Å²) in [5, 5.41) is 0. The molecule has 0 N–H and O–H groups in total. The Morgan fingerprint density at radius 3 is 2.76 bits per heavy atom. The first-order valence-corrected chi connectivity index (χ1v) is 5.78. The number of nitrogens with zero attached hydrogens (tertiary/aromatic N) is 1. The summed E-state index contributed by atoms with van der Waals surface area (Å²) in [6.07, 6.45) is 0.757. The minimum absolute atomic E-state index is 0.0227. The van der Waals surface area contributed by atoms with Crippen LogP contribution < -0.4 is 4.74 Å². The standard InChI is InChI=1S/C13H15NO3/c1-4-7(2)10-12(15)11-9(17-13(10)16)6-5-8(3)14-11/h5-7,10H,4H2,1-3H3. The number of ether oxygens (including phenoxy) is 1. The fourth-order valence-corrected chi connectivity index (χ4v) is 1.96. The highest BCUT2D eigenvalue weighted by Crippen LogP contribution is 2.31. The molecule has 17 heavy (non-hydrogen) atoms. The summed E-state index contributed by atoms with van der Waals surface area (Å²) in [4.78, 5) is 28.2. The predicted molar refractivity (Wildman–Crippen MR) is 61.9 cm³/mol. The van der Waals surface area contributed by atoms with Crippen LogP contribution in [0.2, 0.25) is 0 Å². The maximum absolute atomic E-state index is 12.2. The lowest BCUT2D eigenvalue weighted by atomic mass is 9.85. The van der Waals surface area contributed by atoms with Crippen molar-refractivity contribution in [2.45, 2.75) is 27.2 Å². The van der Waals surface area contributed by atoms with E-state index in [0.717, 1.165) is 12.1 Å². The summed E-state index contributed by atoms with van der Waals surface area (Å²) in [5.74, 6) is -1.12. The number of aromatic nitrogens is 1. The number of hydrogen-bond acceptors (Lipinski definition) is 4. The highest BCUT2D eigenvalue weighted by molar-refractivity contribution is 6.12. The second-order valence-electron chi connectivity index (χ2n) is 4.45. The van der Waals surface area contributed by atoms with Gasteiger partial charge in [0.2, 0.25) is 0 Å². The fourth-order valence-electron chi connectivity index (χ4n) is 1.96. The number of rotatable bonds is 2. The van der Waals surface area contributed by atoms with E-state index in [1.165, 1.54) is 0 Å². The van der Waals surface area contributed by atoms with Crippen LogP contribution >= 0.6 is 0 Å². The molecule has 2 unspecified atom stereocenters. The van der Waals surface area contributed by atoms with E-state index in [-0.39, 0.29) is 23.1 Å². The molecule has 2 rings (SSSR count). The van der Waals surface area contributed by atoms with Crippen LogP contribution in [0.1, 0.15) is 36.5 Å². The molecular formula is C13H15NO3. The van der Waals surface area contributed by atoms with Gasteiger partial charge in [-0.2, -0.15) is 0 Å². The lowest BCUT2D eigenvalue weighted by Gasteiger charge is -2.25. The zero-order chi connectivity index (χ0) is 12.6. The molecule has 1 aliphatic rings. The number of aryl methyl sites for hydroxylation is 1. The van der Waals surface area contributed by atoms with Crippen molar-refractivity contribution in [1.29, 1.82) is 0 Å². The van der Waals surface area contributed by atoms with Gasteiger partial charge in [0.1, 0.15) is 11.6 Å². The second-order valence-corrected chi connectivity index (χ2v) is 4.45. The molecule has 0 fully saturated rings. The number of ketones is 1. The van der Waals surface area contributed by atoms with Crippen molar-refractivity contribution in [2.75, 3.05) is 0 Å². The van der Waals surface area contributed by atoms with Crippen molar-refractivity contribution in [3.63, 3.8) is 0 Å². The third-order valence-electron chi connectivity index (χ3n) is 3.19. The molecule has 0 radical (unpaired) electrons. The number of hydrogen-bond donors (Lipinski definition) is 0. The summed E-state index contributed by atoms with van der Waals surface area (Å²) < 4.78 is 5.17. The highest BCUT2D eigenvalue weighted by atomic mass is 16.5. The van der Waals surface area contributed by atoms with Gasteiger partial charge in [-0.15, -0.1) is 0 Å². The van der Waals surface area contributed by atoms with Crippen LogP contribution in [0.15, 0.2) is 12.1 Å². The van der Waals surface area contributed by atoms with Gasteiger partial charge >= 0.3 is 5.97 Å². The normalized spacial score (nSPS) is 20.8. The van der Waals surface area contributed by atoms with E-state index >= 15 is 0 Å². The minimum Gasteiger partial charge on any atom is -0.424 e. The van der Waals surface area contributed by atoms with Gasteiger partial charge in [0, 0.05) is 5.69 Å². The van der Waals surface area contributed by atoms with Crippen molar-refractivity contribution in [3.8, 4) is 5.75 Å². The Balaban J connectivity index is 2.45. The average molecular weight is 233 g/mol. The molecule has 0 bridgehead atoms. The second kappa shape index (κ2) is 4.28. The molecule has 2 atom stereocenters. The van der Waals surface area contributed by atoms with Crippen molar-refractivity contribution in [1.82, 2.24) is 4.98 Å². The third kappa shape index (κ3) is 1.95. The van der Waals surface area contributed by atoms with E-state index in [1.807, 2.05) is 20.8 Å². The summed E-state index contributed by atoms with van der Waals surface area (Å²) in [6.45, 7) is 5.64. The monoisotopic (exact) mass is 233 g/mol. The summed E-state index contributed by atoms with van der Waals surface area (Å²) in [7, 11) is 0. The summed E-state index contributed by atoms with van der Waals surface area (Å²) in [5.41, 5.74) is 1.04. The van der Waals surface area contributed by atoms with E-state index in [1.54, 1.807) is 12.1 Å². The number of esters is 1. The molecular weight excluding hydrogens is 218 g/mol. The Morgan fingerprint density at radius 2 is 2.12 bits per heavy atom. The Hall–Kier alpha value is -1.71. The van der Waals surface area contributed by atoms with Gasteiger partial charge in [0.05, 0.1) is 0 Å². The van der Waals surface area contributed by atoms with Gasteiger partial charge in [-0.05, 0) is 25.0 Å². The average Bonchev–Trinajstić information content (AvgIpc) is 2.30. The predicted octanol–water partition coefficient (Wildman–Crippen LogP) is 2.15. The molecule has 4 heteroatoms. The lowest BCUT2D eigenvalue weighted by molar-refractivity contribution is -0.139. The fraction of sp³-hybridized carbons (Fsp3) is 0.462. The molecule has 4 nitrogen and oxygen atoms in total. The van der Waals surface area contributed by atoms with E-state index in [9.17, 15) is 9.59 Å². The van der Waals surface area contributed by atoms with E-state index < -0.39 is 11.9 Å². The van der Waals surface area contributed by atoms with Gasteiger partial charge < -0.3 is 4.74 Å². The van der Waals surface area contributed by atoms with Crippen molar-refractivity contribution in [2.24, 2.45) is 11.8 Å². The van der Waals surface area contributed by atoms with E-state index in [4.69, 9.17) is 4.74 Å². The van der Waals surface area contributed by atoms with Gasteiger partial charge in [0.15, 0.2) is 11.5 Å². The first kappa shape index (κ1) is 11.8. The quantitative estimate of drug-likeness (QED) is 0.580. The van der Waals surface area contributed by atoms with Gasteiger partial charge in [-0.3, -0.25) is 9.59 Å². The topological polar surface area (TPSA) is 56.3 Å². The molecule has 0 saturated carbocycles. The largest absolute Gasteiger partial charge is 0.424 e. The number of pyridine rings is 1. The maximum atomic E-state index is 12.2. The molecule has 0 amide bonds. The summed E-state index contributed by atoms with van der Waals surface area (Å²) in [6, 6.07) is 3.35. The first-order chi connectivity index (χ1) is 8.04. The zero-order valence-electron chi connectivity index (χ0n) is 10.2. The first-order valence-electron chi connectivity index (χ1n) is 5.78. The molecule has 1 aromatic heterocycles. The number of fused-ring (bicyclic) bond motifs is 1. The van der Waals surface area contributed by atoms with Crippen molar-refractivity contribution in [3.05, 3.63) is 23.5 Å². The Bertz CT molecular complexity index is 482. The van der Waals surface area contributed by atoms with Crippen LogP contribution in [0.25, 0.3) is 0 Å². The van der Waals surface area contributed by atoms with E-state index in [0.29, 0.717) is 0 Å². The third-order valence-corrected chi connectivity index (χ3v) is 3.19. The highest BCUT2D eigenvalue weighted by Gasteiger charge is 2.40. The van der Waals surface area contributed by atoms with Crippen LogP contribution in [0, 0.1) is 18.8 Å². The molecule has 90 valence electrons. The number of Topliss-reactive ketones (excluding diaryl/α,β-unsaturated/α-hetero) is 1. The van der Waals surface area contributed by atoms with Crippen molar-refractivity contribution >= 4 is 11.8 Å². The lowest BCUT2D eigenvalue weighted by Crippen LogP contribution is -2.38. The van der Waals surface area contributed by atoms with Crippen LogP contribution in [-0.4, -0.2) is 16.7 Å². The Kier molecular flexibility index (Phi) is 2.96. The molecule has 0 spiro atoms. The molecule has 0 aliphatic carbocycles. The maximum Gasteiger partial charge on any atom is 0.322 e. The van der Waals surface area contributed by atoms with Gasteiger partial charge in [0.25, 0.3) is 0 Å². The Morgan fingerprint density at radius 1 is 1.41 bits per heavy atom. The summed E-state index contributed by atoms with van der Waals surface area (Å²) >= 11 is 0. The van der Waals surface area contributed by atoms with E-state index in [2.05, 4.69) is 4.98 Å². The Labute approximate surface area is 100 Å². The van der Waals surface area contributed by atoms with Crippen LogP contribution in [0.3, 0.4) is 0 Å². The number of carbonyl (C=O) groups excluding carboxylic acids is 2. The smallest absolute Gasteiger partial charge is 0.322 e. The molecule has 1 aromatic rings. The van der Waals surface area contributed by atoms with Crippen LogP contribution in [0.4, 0.5) is 0 Å².